The molecule has 0 amide bonds. The second kappa shape index (κ2) is 18.1. The molecule has 0 aliphatic carbocycles. The average Bonchev–Trinajstić information content (AvgIpc) is 3.85. The zero-order chi connectivity index (χ0) is 26.7. The average molecular weight is 519 g/mol. The normalized spacial score (nSPS) is 14.6. The van der Waals surface area contributed by atoms with E-state index in [2.05, 4.69) is 18.7 Å². The molecule has 4 nitrogen and oxygen atoms in total. The van der Waals surface area contributed by atoms with E-state index >= 15 is 0 Å². The maximum atomic E-state index is 9.20. The number of aliphatic hydroxyl groups excluding tert-OH is 3. The number of ether oxygens (including phenoxy) is 1. The molecule has 4 aromatic carbocycles. The minimum atomic E-state index is -0.735. The van der Waals surface area contributed by atoms with Crippen LogP contribution in [0.3, 0.4) is 0 Å². The molecule has 0 aromatic heterocycles. The third-order valence-corrected chi connectivity index (χ3v) is 5.52. The van der Waals surface area contributed by atoms with Crippen LogP contribution in [0, 0.1) is 0 Å². The molecule has 0 radical (unpaired) electrons. The molecule has 3 atom stereocenters. The van der Waals surface area contributed by atoms with Crippen molar-refractivity contribution in [2.75, 3.05) is 19.1 Å². The van der Waals surface area contributed by atoms with Crippen molar-refractivity contribution >= 4 is 17.7 Å². The minimum Gasteiger partial charge on any atom is -0.393 e. The highest BCUT2D eigenvalue weighted by molar-refractivity contribution is 6.18. The van der Waals surface area contributed by atoms with Gasteiger partial charge >= 0.3 is 0 Å². The molecule has 1 heterocycles. The maximum absolute atomic E-state index is 9.20. The number of hydrogen-bond donors (Lipinski definition) is 3. The summed E-state index contributed by atoms with van der Waals surface area (Å²) in [6.45, 7) is 4.32. The van der Waals surface area contributed by atoms with Gasteiger partial charge in [0.25, 0.3) is 0 Å². The summed E-state index contributed by atoms with van der Waals surface area (Å²) < 4.78 is 5.09. The van der Waals surface area contributed by atoms with Crippen LogP contribution in [-0.2, 0) is 4.74 Å². The van der Waals surface area contributed by atoms with Gasteiger partial charge < -0.3 is 20.1 Å². The van der Waals surface area contributed by atoms with Crippen molar-refractivity contribution in [3.63, 3.8) is 0 Å². The molecule has 1 fully saturated rings. The van der Waals surface area contributed by atoms with E-state index in [1.54, 1.807) is 12.1 Å². The van der Waals surface area contributed by atoms with E-state index in [1.807, 2.05) is 103 Å². The van der Waals surface area contributed by atoms with Crippen molar-refractivity contribution in [3.8, 4) is 0 Å². The van der Waals surface area contributed by atoms with Gasteiger partial charge in [-0.1, -0.05) is 134 Å². The number of benzene rings is 4. The second-order valence-electron chi connectivity index (χ2n) is 8.04. The number of rotatable bonds is 6. The zero-order valence-electron chi connectivity index (χ0n) is 20.8. The highest BCUT2D eigenvalue weighted by Gasteiger charge is 2.23. The molecule has 3 N–H and O–H groups in total. The first-order chi connectivity index (χ1) is 18.1. The Kier molecular flexibility index (Phi) is 14.6. The standard InChI is InChI=1S/C8H9ClO.C8H10O2.C8H8O.C8H8/c2*9-6-8(10)7-4-2-1-3-5-7;1-2-4-7(5-3-1)8-6-9-8;1-2-8-6-4-3-5-7-8/h1-5,8,10H,6H2;1-5,8-10H,6H2;1-5,8H,6H2;2-7H,1H2. The van der Waals surface area contributed by atoms with Gasteiger partial charge in [-0.05, 0) is 22.3 Å². The molecule has 0 saturated carbocycles. The smallest absolute Gasteiger partial charge is 0.106 e. The van der Waals surface area contributed by atoms with E-state index in [9.17, 15) is 5.11 Å². The van der Waals surface area contributed by atoms with E-state index in [-0.39, 0.29) is 12.5 Å². The van der Waals surface area contributed by atoms with E-state index in [4.69, 9.17) is 26.6 Å². The molecule has 1 aliphatic heterocycles. The van der Waals surface area contributed by atoms with E-state index in [0.29, 0.717) is 6.10 Å². The summed E-state index contributed by atoms with van der Waals surface area (Å²) in [6, 6.07) is 38.8. The molecular weight excluding hydrogens is 484 g/mol. The largest absolute Gasteiger partial charge is 0.393 e. The Bertz CT molecular complexity index is 1040. The number of aliphatic hydroxyl groups is 3. The van der Waals surface area contributed by atoms with E-state index in [1.165, 1.54) is 11.1 Å². The van der Waals surface area contributed by atoms with Crippen LogP contribution in [0.5, 0.6) is 0 Å². The molecule has 37 heavy (non-hydrogen) atoms. The fourth-order valence-corrected chi connectivity index (χ4v) is 3.22. The van der Waals surface area contributed by atoms with Gasteiger partial charge in [-0.15, -0.1) is 11.6 Å². The molecule has 5 rings (SSSR count). The van der Waals surface area contributed by atoms with Crippen LogP contribution in [0.15, 0.2) is 128 Å². The summed E-state index contributed by atoms with van der Waals surface area (Å²) in [5, 5.41) is 26.8. The Morgan fingerprint density at radius 3 is 1.49 bits per heavy atom. The van der Waals surface area contributed by atoms with E-state index in [0.717, 1.165) is 17.7 Å². The van der Waals surface area contributed by atoms with Crippen molar-refractivity contribution in [2.45, 2.75) is 18.3 Å². The number of epoxide rings is 1. The van der Waals surface area contributed by atoms with Crippen LogP contribution in [0.4, 0.5) is 0 Å². The van der Waals surface area contributed by atoms with Gasteiger partial charge in [0.1, 0.15) is 12.2 Å². The lowest BCUT2D eigenvalue weighted by molar-refractivity contribution is 0.0956. The number of hydrogen-bond acceptors (Lipinski definition) is 4. The summed E-state index contributed by atoms with van der Waals surface area (Å²) in [5.74, 6) is 0.254. The number of halogens is 1. The van der Waals surface area contributed by atoms with Gasteiger partial charge in [0.2, 0.25) is 0 Å². The topological polar surface area (TPSA) is 73.2 Å². The predicted molar refractivity (Wildman–Crippen MR) is 152 cm³/mol. The van der Waals surface area contributed by atoms with Gasteiger partial charge in [0.05, 0.1) is 25.2 Å². The summed E-state index contributed by atoms with van der Waals surface area (Å²) in [5.41, 5.74) is 4.10. The highest BCUT2D eigenvalue weighted by atomic mass is 35.5. The molecule has 5 heteroatoms. The lowest BCUT2D eigenvalue weighted by Crippen LogP contribution is -2.01. The maximum Gasteiger partial charge on any atom is 0.106 e. The molecular formula is C32H35ClO4. The molecule has 3 unspecified atom stereocenters. The molecule has 0 spiro atoms. The highest BCUT2D eigenvalue weighted by Crippen LogP contribution is 2.28. The Morgan fingerprint density at radius 2 is 1.14 bits per heavy atom. The summed E-state index contributed by atoms with van der Waals surface area (Å²) in [7, 11) is 0. The summed E-state index contributed by atoms with van der Waals surface area (Å²) in [6.07, 6.45) is 0.982. The third-order valence-electron chi connectivity index (χ3n) is 5.23. The van der Waals surface area contributed by atoms with Crippen LogP contribution in [0.1, 0.15) is 40.6 Å². The quantitative estimate of drug-likeness (QED) is 0.195. The Morgan fingerprint density at radius 1 is 0.730 bits per heavy atom. The predicted octanol–water partition coefficient (Wildman–Crippen LogP) is 6.76. The summed E-state index contributed by atoms with van der Waals surface area (Å²) >= 11 is 5.44. The molecule has 194 valence electrons. The van der Waals surface area contributed by atoms with E-state index < -0.39 is 12.2 Å². The molecule has 4 aromatic rings. The Labute approximate surface area is 225 Å². The Hall–Kier alpha value is -3.25. The van der Waals surface area contributed by atoms with Gasteiger partial charge in [0.15, 0.2) is 0 Å². The third kappa shape index (κ3) is 12.5. The van der Waals surface area contributed by atoms with Crippen molar-refractivity contribution in [1.82, 2.24) is 0 Å². The number of alkyl halides is 1. The first kappa shape index (κ1) is 30.0. The fraction of sp³-hybridized carbons (Fsp3) is 0.188. The zero-order valence-corrected chi connectivity index (χ0v) is 21.6. The monoisotopic (exact) mass is 518 g/mol. The molecule has 0 bridgehead atoms. The van der Waals surface area contributed by atoms with Crippen LogP contribution < -0.4 is 0 Å². The van der Waals surface area contributed by atoms with Crippen LogP contribution >= 0.6 is 11.6 Å². The summed E-state index contributed by atoms with van der Waals surface area (Å²) in [4.78, 5) is 0. The van der Waals surface area contributed by atoms with Crippen molar-refractivity contribution < 1.29 is 20.1 Å². The van der Waals surface area contributed by atoms with Crippen molar-refractivity contribution in [1.29, 1.82) is 0 Å². The fourth-order valence-electron chi connectivity index (χ4n) is 3.04. The lowest BCUT2D eigenvalue weighted by atomic mass is 10.1. The molecule has 1 saturated heterocycles. The molecule has 1 aliphatic rings. The minimum absolute atomic E-state index is 0.218. The van der Waals surface area contributed by atoms with Crippen LogP contribution in [0.2, 0.25) is 0 Å². The van der Waals surface area contributed by atoms with Gasteiger partial charge in [-0.25, -0.2) is 0 Å². The van der Waals surface area contributed by atoms with Gasteiger partial charge in [-0.3, -0.25) is 0 Å². The Balaban J connectivity index is 0.000000174. The van der Waals surface area contributed by atoms with Gasteiger partial charge in [0, 0.05) is 0 Å². The van der Waals surface area contributed by atoms with Gasteiger partial charge in [-0.2, -0.15) is 0 Å². The second-order valence-corrected chi connectivity index (χ2v) is 8.35. The first-order valence-electron chi connectivity index (χ1n) is 12.1. The van der Waals surface area contributed by atoms with Crippen molar-refractivity contribution in [2.24, 2.45) is 0 Å². The van der Waals surface area contributed by atoms with Crippen LogP contribution in [-0.4, -0.2) is 34.4 Å². The lowest BCUT2D eigenvalue weighted by Gasteiger charge is -2.05. The van der Waals surface area contributed by atoms with Crippen molar-refractivity contribution in [3.05, 3.63) is 150 Å². The first-order valence-corrected chi connectivity index (χ1v) is 12.6. The SMILES string of the molecule is C=Cc1ccccc1.OC(CCl)c1ccccc1.OCC(O)c1ccccc1.c1ccc(C2CO2)cc1. The van der Waals surface area contributed by atoms with Crippen LogP contribution in [0.25, 0.3) is 6.08 Å².